The van der Waals surface area contributed by atoms with Gasteiger partial charge < -0.3 is 10.2 Å². The SMILES string of the molecule is C1CCCN(CCSC2=NCCCCN2)CC1. The molecule has 98 valence electrons. The molecule has 1 N–H and O–H groups in total. The van der Waals surface area contributed by atoms with Crippen molar-refractivity contribution in [2.45, 2.75) is 38.5 Å². The van der Waals surface area contributed by atoms with Crippen molar-refractivity contribution >= 4 is 16.9 Å². The Morgan fingerprint density at radius 2 is 1.88 bits per heavy atom. The minimum absolute atomic E-state index is 1.01. The van der Waals surface area contributed by atoms with Crippen molar-refractivity contribution in [3.05, 3.63) is 0 Å². The summed E-state index contributed by atoms with van der Waals surface area (Å²) in [5.41, 5.74) is 0. The Morgan fingerprint density at radius 1 is 1.06 bits per heavy atom. The Kier molecular flexibility index (Phi) is 6.21. The van der Waals surface area contributed by atoms with Gasteiger partial charge in [0.05, 0.1) is 0 Å². The van der Waals surface area contributed by atoms with Crippen molar-refractivity contribution in [2.24, 2.45) is 4.99 Å². The minimum atomic E-state index is 1.01. The molecule has 0 aromatic rings. The maximum atomic E-state index is 4.57. The van der Waals surface area contributed by atoms with E-state index in [1.54, 1.807) is 0 Å². The first-order valence-electron chi connectivity index (χ1n) is 7.08. The normalized spacial score (nSPS) is 23.4. The highest BCUT2D eigenvalue weighted by Gasteiger charge is 2.09. The highest BCUT2D eigenvalue weighted by atomic mass is 32.2. The number of hydrogen-bond acceptors (Lipinski definition) is 4. The fourth-order valence-electron chi connectivity index (χ4n) is 2.40. The van der Waals surface area contributed by atoms with Crippen LogP contribution in [0.4, 0.5) is 0 Å². The number of likely N-dealkylation sites (tertiary alicyclic amines) is 1. The molecule has 0 radical (unpaired) electrons. The molecular weight excluding hydrogens is 230 g/mol. The molecule has 0 atom stereocenters. The van der Waals surface area contributed by atoms with Crippen LogP contribution >= 0.6 is 11.8 Å². The van der Waals surface area contributed by atoms with Gasteiger partial charge in [0.1, 0.15) is 0 Å². The number of hydrogen-bond donors (Lipinski definition) is 1. The van der Waals surface area contributed by atoms with Gasteiger partial charge in [0, 0.05) is 25.4 Å². The van der Waals surface area contributed by atoms with E-state index in [2.05, 4.69) is 15.2 Å². The van der Waals surface area contributed by atoms with Gasteiger partial charge in [-0.2, -0.15) is 0 Å². The highest BCUT2D eigenvalue weighted by molar-refractivity contribution is 8.13. The van der Waals surface area contributed by atoms with Gasteiger partial charge in [0.25, 0.3) is 0 Å². The summed E-state index contributed by atoms with van der Waals surface area (Å²) in [6.45, 7) is 5.96. The largest absolute Gasteiger partial charge is 0.365 e. The van der Waals surface area contributed by atoms with Crippen LogP contribution in [0.5, 0.6) is 0 Å². The number of amidine groups is 1. The molecule has 2 aliphatic heterocycles. The topological polar surface area (TPSA) is 27.6 Å². The van der Waals surface area contributed by atoms with E-state index in [0.29, 0.717) is 0 Å². The number of nitrogens with one attached hydrogen (secondary N) is 1. The van der Waals surface area contributed by atoms with E-state index in [-0.39, 0.29) is 0 Å². The molecule has 2 aliphatic rings. The van der Waals surface area contributed by atoms with Crippen LogP contribution in [0.15, 0.2) is 4.99 Å². The van der Waals surface area contributed by atoms with Crippen LogP contribution in [0.2, 0.25) is 0 Å². The second kappa shape index (κ2) is 7.98. The molecule has 0 saturated carbocycles. The molecule has 4 heteroatoms. The monoisotopic (exact) mass is 255 g/mol. The number of nitrogens with zero attached hydrogens (tertiary/aromatic N) is 2. The molecule has 2 heterocycles. The van der Waals surface area contributed by atoms with Crippen LogP contribution in [0, 0.1) is 0 Å². The standard InChI is InChI=1S/C13H25N3S/c1-2-6-10-16(9-5-1)11-12-17-13-14-7-3-4-8-15-13/h1-12H2,(H,14,15). The fraction of sp³-hybridized carbons (Fsp3) is 0.923. The van der Waals surface area contributed by atoms with Crippen molar-refractivity contribution in [1.82, 2.24) is 10.2 Å². The van der Waals surface area contributed by atoms with Crippen molar-refractivity contribution in [2.75, 3.05) is 38.5 Å². The molecule has 0 aromatic carbocycles. The summed E-state index contributed by atoms with van der Waals surface area (Å²) in [5.74, 6) is 1.19. The van der Waals surface area contributed by atoms with Gasteiger partial charge in [0.15, 0.2) is 5.17 Å². The third kappa shape index (κ3) is 5.30. The fourth-order valence-corrected chi connectivity index (χ4v) is 3.33. The van der Waals surface area contributed by atoms with Gasteiger partial charge in [-0.05, 0) is 38.8 Å². The lowest BCUT2D eigenvalue weighted by atomic mass is 10.2. The Hall–Kier alpha value is -0.220. The van der Waals surface area contributed by atoms with Crippen LogP contribution in [-0.4, -0.2) is 48.5 Å². The lowest BCUT2D eigenvalue weighted by Gasteiger charge is -2.19. The molecule has 3 nitrogen and oxygen atoms in total. The summed E-state index contributed by atoms with van der Waals surface area (Å²) in [5, 5.41) is 4.60. The van der Waals surface area contributed by atoms with E-state index in [1.807, 2.05) is 11.8 Å². The first-order valence-corrected chi connectivity index (χ1v) is 8.07. The van der Waals surface area contributed by atoms with E-state index in [1.165, 1.54) is 69.1 Å². The van der Waals surface area contributed by atoms with E-state index in [4.69, 9.17) is 0 Å². The van der Waals surface area contributed by atoms with Gasteiger partial charge in [-0.15, -0.1) is 0 Å². The Bertz CT molecular complexity index is 235. The average Bonchev–Trinajstić information content (AvgIpc) is 2.73. The lowest BCUT2D eigenvalue weighted by molar-refractivity contribution is 0.303. The first kappa shape index (κ1) is 13.2. The summed E-state index contributed by atoms with van der Waals surface area (Å²) in [6, 6.07) is 0. The lowest BCUT2D eigenvalue weighted by Crippen LogP contribution is -2.28. The zero-order chi connectivity index (χ0) is 11.8. The minimum Gasteiger partial charge on any atom is -0.365 e. The molecule has 2 rings (SSSR count). The van der Waals surface area contributed by atoms with Crippen molar-refractivity contribution in [1.29, 1.82) is 0 Å². The zero-order valence-corrected chi connectivity index (χ0v) is 11.6. The number of thioether (sulfide) groups is 1. The van der Waals surface area contributed by atoms with Gasteiger partial charge in [-0.3, -0.25) is 4.99 Å². The van der Waals surface area contributed by atoms with E-state index >= 15 is 0 Å². The van der Waals surface area contributed by atoms with Crippen LogP contribution in [0.25, 0.3) is 0 Å². The first-order chi connectivity index (χ1) is 8.45. The predicted octanol–water partition coefficient (Wildman–Crippen LogP) is 2.34. The molecular formula is C13H25N3S. The van der Waals surface area contributed by atoms with E-state index in [0.717, 1.165) is 13.1 Å². The quantitative estimate of drug-likeness (QED) is 0.839. The molecule has 1 fully saturated rings. The van der Waals surface area contributed by atoms with Crippen LogP contribution < -0.4 is 5.32 Å². The number of rotatable bonds is 3. The smallest absolute Gasteiger partial charge is 0.156 e. The molecule has 0 bridgehead atoms. The highest BCUT2D eigenvalue weighted by Crippen LogP contribution is 2.11. The molecule has 0 unspecified atom stereocenters. The summed E-state index contributed by atoms with van der Waals surface area (Å²) in [4.78, 5) is 7.20. The third-order valence-electron chi connectivity index (χ3n) is 3.46. The summed E-state index contributed by atoms with van der Waals surface area (Å²) in [7, 11) is 0. The van der Waals surface area contributed by atoms with Gasteiger partial charge in [-0.25, -0.2) is 0 Å². The summed E-state index contributed by atoms with van der Waals surface area (Å²) < 4.78 is 0. The molecule has 0 amide bonds. The number of aliphatic imine (C=N–C) groups is 1. The second-order valence-corrected chi connectivity index (χ2v) is 6.01. The molecule has 0 aliphatic carbocycles. The Morgan fingerprint density at radius 3 is 2.71 bits per heavy atom. The van der Waals surface area contributed by atoms with E-state index < -0.39 is 0 Å². The molecule has 0 aromatic heterocycles. The van der Waals surface area contributed by atoms with Gasteiger partial charge >= 0.3 is 0 Å². The molecule has 0 spiro atoms. The second-order valence-electron chi connectivity index (χ2n) is 4.93. The van der Waals surface area contributed by atoms with Crippen LogP contribution in [-0.2, 0) is 0 Å². The maximum Gasteiger partial charge on any atom is 0.156 e. The third-order valence-corrected chi connectivity index (χ3v) is 4.40. The van der Waals surface area contributed by atoms with Crippen molar-refractivity contribution in [3.8, 4) is 0 Å². The summed E-state index contributed by atoms with van der Waals surface area (Å²) in [6.07, 6.45) is 8.15. The predicted molar refractivity (Wildman–Crippen MR) is 76.9 cm³/mol. The molecule has 1 saturated heterocycles. The average molecular weight is 255 g/mol. The molecule has 17 heavy (non-hydrogen) atoms. The van der Waals surface area contributed by atoms with Gasteiger partial charge in [-0.1, -0.05) is 24.6 Å². The van der Waals surface area contributed by atoms with Gasteiger partial charge in [0.2, 0.25) is 0 Å². The summed E-state index contributed by atoms with van der Waals surface area (Å²) >= 11 is 1.91. The Balaban J connectivity index is 1.62. The van der Waals surface area contributed by atoms with Crippen LogP contribution in [0.1, 0.15) is 38.5 Å². The van der Waals surface area contributed by atoms with Crippen molar-refractivity contribution < 1.29 is 0 Å². The van der Waals surface area contributed by atoms with E-state index in [9.17, 15) is 0 Å². The van der Waals surface area contributed by atoms with Crippen LogP contribution in [0.3, 0.4) is 0 Å². The van der Waals surface area contributed by atoms with Crippen molar-refractivity contribution in [3.63, 3.8) is 0 Å². The maximum absolute atomic E-state index is 4.57. The Labute approximate surface area is 109 Å². The zero-order valence-electron chi connectivity index (χ0n) is 10.8.